The molecular formula is C24H38O7. The second-order valence-corrected chi connectivity index (χ2v) is 8.58. The first-order chi connectivity index (χ1) is 15.0. The first-order valence-electron chi connectivity index (χ1n) is 11.8. The summed E-state index contributed by atoms with van der Waals surface area (Å²) in [4.78, 5) is 34.5. The summed E-state index contributed by atoms with van der Waals surface area (Å²) in [6.45, 7) is 5.97. The standard InChI is InChI=1S/C24H38O7/c1-3-23(26)29-17-7-5-4-6-16-28-20-10-8-19(9-11-20)24(27)31-22-14-12-21(13-15-22)30-18(2)25/h3,19-22H,1,4-17H2,2H3. The smallest absolute Gasteiger partial charge is 0.330 e. The second-order valence-electron chi connectivity index (χ2n) is 8.58. The minimum absolute atomic E-state index is 0.0238. The number of hydrogen-bond donors (Lipinski definition) is 0. The number of ether oxygens (including phenoxy) is 4. The van der Waals surface area contributed by atoms with Crippen LogP contribution in [-0.4, -0.2) is 49.4 Å². The summed E-state index contributed by atoms with van der Waals surface area (Å²) in [7, 11) is 0. The highest BCUT2D eigenvalue weighted by molar-refractivity contribution is 5.81. The molecule has 176 valence electrons. The fourth-order valence-corrected chi connectivity index (χ4v) is 4.27. The van der Waals surface area contributed by atoms with Crippen molar-refractivity contribution in [3.05, 3.63) is 12.7 Å². The molecule has 0 amide bonds. The Labute approximate surface area is 185 Å². The van der Waals surface area contributed by atoms with Gasteiger partial charge in [-0.05, 0) is 70.6 Å². The van der Waals surface area contributed by atoms with Crippen LogP contribution in [0.4, 0.5) is 0 Å². The van der Waals surface area contributed by atoms with E-state index in [2.05, 4.69) is 6.58 Å². The van der Waals surface area contributed by atoms with Gasteiger partial charge in [0.25, 0.3) is 0 Å². The Bertz CT molecular complexity index is 572. The van der Waals surface area contributed by atoms with Crippen molar-refractivity contribution in [2.24, 2.45) is 5.92 Å². The predicted molar refractivity (Wildman–Crippen MR) is 115 cm³/mol. The van der Waals surface area contributed by atoms with Crippen molar-refractivity contribution < 1.29 is 33.3 Å². The van der Waals surface area contributed by atoms with Crippen LogP contribution >= 0.6 is 0 Å². The molecule has 0 atom stereocenters. The molecule has 0 spiro atoms. The zero-order valence-corrected chi connectivity index (χ0v) is 18.9. The van der Waals surface area contributed by atoms with Gasteiger partial charge >= 0.3 is 17.9 Å². The van der Waals surface area contributed by atoms with Gasteiger partial charge in [-0.1, -0.05) is 13.0 Å². The largest absolute Gasteiger partial charge is 0.463 e. The summed E-state index contributed by atoms with van der Waals surface area (Å²) >= 11 is 0. The lowest BCUT2D eigenvalue weighted by molar-refractivity contribution is -0.162. The predicted octanol–water partition coefficient (Wildman–Crippen LogP) is 4.27. The molecule has 2 fully saturated rings. The molecule has 7 nitrogen and oxygen atoms in total. The third-order valence-electron chi connectivity index (χ3n) is 6.05. The van der Waals surface area contributed by atoms with Gasteiger partial charge in [-0.3, -0.25) is 9.59 Å². The molecule has 2 aliphatic rings. The van der Waals surface area contributed by atoms with Crippen LogP contribution in [0.5, 0.6) is 0 Å². The number of carbonyl (C=O) groups is 3. The molecule has 0 heterocycles. The molecule has 0 aliphatic heterocycles. The Morgan fingerprint density at radius 1 is 0.774 bits per heavy atom. The fraction of sp³-hybridized carbons (Fsp3) is 0.792. The van der Waals surface area contributed by atoms with E-state index in [0.717, 1.165) is 83.7 Å². The van der Waals surface area contributed by atoms with Gasteiger partial charge in [-0.2, -0.15) is 0 Å². The summed E-state index contributed by atoms with van der Waals surface area (Å²) in [5.41, 5.74) is 0. The van der Waals surface area contributed by atoms with Gasteiger partial charge in [0.2, 0.25) is 0 Å². The minimum Gasteiger partial charge on any atom is -0.463 e. The number of unbranched alkanes of at least 4 members (excludes halogenated alkanes) is 3. The third-order valence-corrected chi connectivity index (χ3v) is 6.05. The molecule has 0 radical (unpaired) electrons. The van der Waals surface area contributed by atoms with E-state index >= 15 is 0 Å². The van der Waals surface area contributed by atoms with Crippen LogP contribution in [0.3, 0.4) is 0 Å². The molecule has 31 heavy (non-hydrogen) atoms. The van der Waals surface area contributed by atoms with E-state index < -0.39 is 0 Å². The van der Waals surface area contributed by atoms with Gasteiger partial charge in [-0.15, -0.1) is 0 Å². The van der Waals surface area contributed by atoms with E-state index in [1.54, 1.807) is 0 Å². The maximum Gasteiger partial charge on any atom is 0.330 e. The zero-order valence-electron chi connectivity index (χ0n) is 18.9. The van der Waals surface area contributed by atoms with Crippen LogP contribution in [0.15, 0.2) is 12.7 Å². The minimum atomic E-state index is -0.366. The van der Waals surface area contributed by atoms with E-state index in [9.17, 15) is 14.4 Å². The van der Waals surface area contributed by atoms with E-state index in [0.29, 0.717) is 6.61 Å². The van der Waals surface area contributed by atoms with Crippen LogP contribution in [0.2, 0.25) is 0 Å². The SMILES string of the molecule is C=CC(=O)OCCCCCCOC1CCC(C(=O)OC2CCC(OC(C)=O)CC2)CC1. The van der Waals surface area contributed by atoms with E-state index in [1.165, 1.54) is 13.0 Å². The average Bonchev–Trinajstić information content (AvgIpc) is 2.76. The van der Waals surface area contributed by atoms with Gasteiger partial charge in [0.1, 0.15) is 12.2 Å². The second kappa shape index (κ2) is 14.2. The highest BCUT2D eigenvalue weighted by Gasteiger charge is 2.31. The lowest BCUT2D eigenvalue weighted by Gasteiger charge is -2.31. The number of hydrogen-bond acceptors (Lipinski definition) is 7. The van der Waals surface area contributed by atoms with Crippen LogP contribution in [0.25, 0.3) is 0 Å². The van der Waals surface area contributed by atoms with Crippen molar-refractivity contribution in [1.82, 2.24) is 0 Å². The first kappa shape index (κ1) is 25.4. The van der Waals surface area contributed by atoms with Crippen molar-refractivity contribution in [2.75, 3.05) is 13.2 Å². The molecule has 0 saturated heterocycles. The lowest BCUT2D eigenvalue weighted by atomic mass is 9.87. The van der Waals surface area contributed by atoms with Gasteiger partial charge in [0.15, 0.2) is 0 Å². The topological polar surface area (TPSA) is 88.1 Å². The molecule has 2 saturated carbocycles. The fourth-order valence-electron chi connectivity index (χ4n) is 4.27. The van der Waals surface area contributed by atoms with Gasteiger partial charge in [-0.25, -0.2) is 4.79 Å². The quantitative estimate of drug-likeness (QED) is 0.195. The summed E-state index contributed by atoms with van der Waals surface area (Å²) < 4.78 is 21.9. The Hall–Kier alpha value is -1.89. The molecule has 2 aliphatic carbocycles. The molecule has 0 bridgehead atoms. The van der Waals surface area contributed by atoms with Crippen molar-refractivity contribution in [3.63, 3.8) is 0 Å². The summed E-state index contributed by atoms with van der Waals surface area (Å²) in [6, 6.07) is 0. The average molecular weight is 439 g/mol. The summed E-state index contributed by atoms with van der Waals surface area (Å²) in [6.07, 6.45) is 11.7. The molecule has 0 unspecified atom stereocenters. The molecule has 0 aromatic carbocycles. The monoisotopic (exact) mass is 438 g/mol. The first-order valence-corrected chi connectivity index (χ1v) is 11.8. The molecule has 0 N–H and O–H groups in total. The highest BCUT2D eigenvalue weighted by Crippen LogP contribution is 2.30. The maximum atomic E-state index is 12.5. The van der Waals surface area contributed by atoms with Crippen LogP contribution < -0.4 is 0 Å². The zero-order chi connectivity index (χ0) is 22.5. The summed E-state index contributed by atoms with van der Waals surface area (Å²) in [5, 5.41) is 0. The lowest BCUT2D eigenvalue weighted by Crippen LogP contribution is -2.33. The van der Waals surface area contributed by atoms with Crippen LogP contribution in [0.1, 0.15) is 84.0 Å². The number of esters is 3. The maximum absolute atomic E-state index is 12.5. The highest BCUT2D eigenvalue weighted by atomic mass is 16.6. The summed E-state index contributed by atoms with van der Waals surface area (Å²) in [5.74, 6) is -0.712. The van der Waals surface area contributed by atoms with E-state index in [-0.39, 0.29) is 42.1 Å². The molecule has 7 heteroatoms. The Kier molecular flexibility index (Phi) is 11.6. The van der Waals surface area contributed by atoms with E-state index in [4.69, 9.17) is 18.9 Å². The van der Waals surface area contributed by atoms with Gasteiger partial charge in [0, 0.05) is 19.6 Å². The van der Waals surface area contributed by atoms with Crippen LogP contribution in [0, 0.1) is 5.92 Å². The Morgan fingerprint density at radius 3 is 1.90 bits per heavy atom. The molecular weight excluding hydrogens is 400 g/mol. The van der Waals surface area contributed by atoms with Crippen molar-refractivity contribution in [3.8, 4) is 0 Å². The molecule has 0 aromatic heterocycles. The van der Waals surface area contributed by atoms with Gasteiger partial charge in [0.05, 0.1) is 18.6 Å². The molecule has 2 rings (SSSR count). The van der Waals surface area contributed by atoms with Crippen molar-refractivity contribution in [1.29, 1.82) is 0 Å². The van der Waals surface area contributed by atoms with Crippen molar-refractivity contribution in [2.45, 2.75) is 102 Å². The Balaban J connectivity index is 1.48. The normalized spacial score (nSPS) is 26.0. The van der Waals surface area contributed by atoms with Crippen LogP contribution in [-0.2, 0) is 33.3 Å². The van der Waals surface area contributed by atoms with Gasteiger partial charge < -0.3 is 18.9 Å². The Morgan fingerprint density at radius 2 is 1.32 bits per heavy atom. The number of rotatable bonds is 12. The van der Waals surface area contributed by atoms with Crippen molar-refractivity contribution >= 4 is 17.9 Å². The third kappa shape index (κ3) is 10.3. The number of carbonyl (C=O) groups excluding carboxylic acids is 3. The van der Waals surface area contributed by atoms with E-state index in [1.807, 2.05) is 0 Å². The molecule has 0 aromatic rings.